The zero-order chi connectivity index (χ0) is 14.1. The molecule has 0 unspecified atom stereocenters. The standard InChI is InChI=1S/C14H8BrFN2O2/c15-9-3-6-12(19)11(7-9)14-17-13(18-20-14)8-1-4-10(16)5-2-8/h1-7,19H. The van der Waals surface area contributed by atoms with Gasteiger partial charge >= 0.3 is 0 Å². The molecule has 0 aliphatic carbocycles. The predicted molar refractivity (Wildman–Crippen MR) is 74.5 cm³/mol. The Morgan fingerprint density at radius 2 is 1.85 bits per heavy atom. The summed E-state index contributed by atoms with van der Waals surface area (Å²) < 4.78 is 18.8. The number of phenols is 1. The molecule has 3 aromatic rings. The SMILES string of the molecule is Oc1ccc(Br)cc1-c1nc(-c2ccc(F)cc2)no1. The monoisotopic (exact) mass is 334 g/mol. The molecule has 1 heterocycles. The first-order chi connectivity index (χ1) is 9.63. The summed E-state index contributed by atoms with van der Waals surface area (Å²) in [5, 5.41) is 13.6. The highest BCUT2D eigenvalue weighted by atomic mass is 79.9. The van der Waals surface area contributed by atoms with E-state index in [0.717, 1.165) is 4.47 Å². The number of rotatable bonds is 2. The highest BCUT2D eigenvalue weighted by molar-refractivity contribution is 9.10. The Kier molecular flexibility index (Phi) is 3.23. The number of benzene rings is 2. The molecule has 0 saturated heterocycles. The van der Waals surface area contributed by atoms with Gasteiger partial charge in [-0.2, -0.15) is 4.98 Å². The third kappa shape index (κ3) is 2.42. The lowest BCUT2D eigenvalue weighted by molar-refractivity contribution is 0.425. The molecular formula is C14H8BrFN2O2. The van der Waals surface area contributed by atoms with Crippen molar-refractivity contribution in [3.05, 3.63) is 52.8 Å². The second-order valence-corrected chi connectivity index (χ2v) is 5.01. The third-order valence-electron chi connectivity index (χ3n) is 2.72. The topological polar surface area (TPSA) is 59.2 Å². The van der Waals surface area contributed by atoms with Crippen LogP contribution in [0.2, 0.25) is 0 Å². The lowest BCUT2D eigenvalue weighted by Gasteiger charge is -1.99. The Labute approximate surface area is 122 Å². The van der Waals surface area contributed by atoms with Crippen molar-refractivity contribution in [1.29, 1.82) is 0 Å². The summed E-state index contributed by atoms with van der Waals surface area (Å²) in [7, 11) is 0. The molecule has 1 aromatic heterocycles. The fourth-order valence-corrected chi connectivity index (χ4v) is 2.09. The molecule has 0 amide bonds. The molecule has 1 N–H and O–H groups in total. The summed E-state index contributed by atoms with van der Waals surface area (Å²) in [5.41, 5.74) is 1.07. The lowest BCUT2D eigenvalue weighted by Crippen LogP contribution is -1.82. The van der Waals surface area contributed by atoms with Crippen molar-refractivity contribution in [2.24, 2.45) is 0 Å². The number of phenolic OH excluding ortho intramolecular Hbond substituents is 1. The first kappa shape index (κ1) is 12.8. The molecule has 0 aliphatic rings. The Morgan fingerprint density at radius 3 is 2.60 bits per heavy atom. The van der Waals surface area contributed by atoms with E-state index in [1.165, 1.54) is 18.2 Å². The summed E-state index contributed by atoms with van der Waals surface area (Å²) >= 11 is 3.31. The molecule has 0 aliphatic heterocycles. The van der Waals surface area contributed by atoms with Crippen LogP contribution >= 0.6 is 15.9 Å². The maximum Gasteiger partial charge on any atom is 0.262 e. The van der Waals surface area contributed by atoms with E-state index in [9.17, 15) is 9.50 Å². The van der Waals surface area contributed by atoms with E-state index in [1.807, 2.05) is 0 Å². The number of hydrogen-bond acceptors (Lipinski definition) is 4. The van der Waals surface area contributed by atoms with Crippen LogP contribution in [0, 0.1) is 5.82 Å². The Morgan fingerprint density at radius 1 is 1.10 bits per heavy atom. The number of halogens is 2. The van der Waals surface area contributed by atoms with Crippen molar-refractivity contribution in [3.63, 3.8) is 0 Å². The second kappa shape index (κ2) is 5.05. The summed E-state index contributed by atoms with van der Waals surface area (Å²) in [6.07, 6.45) is 0. The van der Waals surface area contributed by atoms with E-state index >= 15 is 0 Å². The van der Waals surface area contributed by atoms with Gasteiger partial charge in [0.15, 0.2) is 0 Å². The molecule has 20 heavy (non-hydrogen) atoms. The first-order valence-electron chi connectivity index (χ1n) is 5.72. The lowest BCUT2D eigenvalue weighted by atomic mass is 10.2. The summed E-state index contributed by atoms with van der Waals surface area (Å²) in [6.45, 7) is 0. The number of aromatic hydroxyl groups is 1. The summed E-state index contributed by atoms with van der Waals surface area (Å²) in [6, 6.07) is 10.7. The minimum absolute atomic E-state index is 0.0440. The Bertz CT molecular complexity index is 756. The Balaban J connectivity index is 2.01. The van der Waals surface area contributed by atoms with Crippen LogP contribution in [0.3, 0.4) is 0 Å². The molecule has 6 heteroatoms. The fraction of sp³-hybridized carbons (Fsp3) is 0. The minimum Gasteiger partial charge on any atom is -0.507 e. The molecular weight excluding hydrogens is 327 g/mol. The maximum atomic E-state index is 12.9. The Hall–Kier alpha value is -2.21. The van der Waals surface area contributed by atoms with Gasteiger partial charge in [-0.3, -0.25) is 0 Å². The average Bonchev–Trinajstić information content (AvgIpc) is 2.92. The van der Waals surface area contributed by atoms with Gasteiger partial charge in [0.05, 0.1) is 5.56 Å². The van der Waals surface area contributed by atoms with E-state index in [-0.39, 0.29) is 17.5 Å². The van der Waals surface area contributed by atoms with Gasteiger partial charge in [-0.15, -0.1) is 0 Å². The van der Waals surface area contributed by atoms with Gasteiger partial charge in [0.25, 0.3) is 5.89 Å². The van der Waals surface area contributed by atoms with Gasteiger partial charge in [0.1, 0.15) is 11.6 Å². The molecule has 3 rings (SSSR count). The molecule has 0 atom stereocenters. The van der Waals surface area contributed by atoms with Gasteiger partial charge in [0, 0.05) is 10.0 Å². The van der Waals surface area contributed by atoms with Gasteiger partial charge in [0.2, 0.25) is 5.82 Å². The highest BCUT2D eigenvalue weighted by Gasteiger charge is 2.14. The number of nitrogens with zero attached hydrogens (tertiary/aromatic N) is 2. The van der Waals surface area contributed by atoms with E-state index < -0.39 is 0 Å². The smallest absolute Gasteiger partial charge is 0.262 e. The van der Waals surface area contributed by atoms with Gasteiger partial charge in [-0.1, -0.05) is 21.1 Å². The van der Waals surface area contributed by atoms with E-state index in [2.05, 4.69) is 26.1 Å². The van der Waals surface area contributed by atoms with Crippen LogP contribution in [-0.4, -0.2) is 15.2 Å². The third-order valence-corrected chi connectivity index (χ3v) is 3.21. The second-order valence-electron chi connectivity index (χ2n) is 4.09. The predicted octanol–water partition coefficient (Wildman–Crippen LogP) is 4.01. The van der Waals surface area contributed by atoms with Crippen molar-refractivity contribution >= 4 is 15.9 Å². The van der Waals surface area contributed by atoms with Crippen LogP contribution in [0.15, 0.2) is 51.5 Å². The van der Waals surface area contributed by atoms with Crippen LogP contribution in [0.1, 0.15) is 0 Å². The van der Waals surface area contributed by atoms with E-state index in [1.54, 1.807) is 24.3 Å². The van der Waals surface area contributed by atoms with Crippen LogP contribution in [-0.2, 0) is 0 Å². The van der Waals surface area contributed by atoms with Gasteiger partial charge in [-0.25, -0.2) is 4.39 Å². The zero-order valence-electron chi connectivity index (χ0n) is 10.0. The molecule has 2 aromatic carbocycles. The van der Waals surface area contributed by atoms with Gasteiger partial charge in [-0.05, 0) is 42.5 Å². The van der Waals surface area contributed by atoms with E-state index in [0.29, 0.717) is 17.0 Å². The number of hydrogen-bond donors (Lipinski definition) is 1. The zero-order valence-corrected chi connectivity index (χ0v) is 11.6. The molecule has 0 bridgehead atoms. The maximum absolute atomic E-state index is 12.9. The van der Waals surface area contributed by atoms with Crippen molar-refractivity contribution in [2.75, 3.05) is 0 Å². The summed E-state index contributed by atoms with van der Waals surface area (Å²) in [4.78, 5) is 4.20. The van der Waals surface area contributed by atoms with Crippen molar-refractivity contribution < 1.29 is 14.0 Å². The molecule has 0 spiro atoms. The molecule has 0 fully saturated rings. The average molecular weight is 335 g/mol. The van der Waals surface area contributed by atoms with E-state index in [4.69, 9.17) is 4.52 Å². The molecule has 4 nitrogen and oxygen atoms in total. The van der Waals surface area contributed by atoms with Crippen LogP contribution < -0.4 is 0 Å². The normalized spacial score (nSPS) is 10.7. The van der Waals surface area contributed by atoms with Crippen molar-refractivity contribution in [2.45, 2.75) is 0 Å². The first-order valence-corrected chi connectivity index (χ1v) is 6.51. The van der Waals surface area contributed by atoms with Crippen LogP contribution in [0.25, 0.3) is 22.8 Å². The highest BCUT2D eigenvalue weighted by Crippen LogP contribution is 2.31. The number of aromatic nitrogens is 2. The van der Waals surface area contributed by atoms with Gasteiger partial charge < -0.3 is 9.63 Å². The quantitative estimate of drug-likeness (QED) is 0.769. The summed E-state index contributed by atoms with van der Waals surface area (Å²) in [5.74, 6) is 0.243. The minimum atomic E-state index is -0.331. The van der Waals surface area contributed by atoms with Crippen molar-refractivity contribution in [3.8, 4) is 28.6 Å². The molecule has 100 valence electrons. The van der Waals surface area contributed by atoms with Crippen LogP contribution in [0.4, 0.5) is 4.39 Å². The largest absolute Gasteiger partial charge is 0.507 e. The molecule has 0 saturated carbocycles. The van der Waals surface area contributed by atoms with Crippen molar-refractivity contribution in [1.82, 2.24) is 10.1 Å². The van der Waals surface area contributed by atoms with Crippen LogP contribution in [0.5, 0.6) is 5.75 Å². The molecule has 0 radical (unpaired) electrons. The fourth-order valence-electron chi connectivity index (χ4n) is 1.73.